The van der Waals surface area contributed by atoms with Crippen molar-refractivity contribution >= 4 is 5.97 Å². The minimum absolute atomic E-state index is 0.378. The first kappa shape index (κ1) is 15.0. The maximum Gasteiger partial charge on any atom is 0.327 e. The number of ether oxygens (including phenoxy) is 3. The van der Waals surface area contributed by atoms with E-state index < -0.39 is 6.04 Å². The van der Waals surface area contributed by atoms with Gasteiger partial charge in [-0.2, -0.15) is 0 Å². The Hall–Kier alpha value is -2.01. The van der Waals surface area contributed by atoms with Crippen molar-refractivity contribution in [3.63, 3.8) is 0 Å². The van der Waals surface area contributed by atoms with Crippen LogP contribution in [0.25, 0.3) is 0 Å². The summed E-state index contributed by atoms with van der Waals surface area (Å²) in [6.07, 6.45) is 1.67. The molecule has 0 spiro atoms. The molecular weight excluding hydrogens is 246 g/mol. The predicted molar refractivity (Wildman–Crippen MR) is 72.5 cm³/mol. The quantitative estimate of drug-likeness (QED) is 0.600. The first-order valence-electron chi connectivity index (χ1n) is 5.81. The lowest BCUT2D eigenvalue weighted by molar-refractivity contribution is -0.143. The fourth-order valence-electron chi connectivity index (χ4n) is 1.65. The number of esters is 1. The molecule has 1 aromatic carbocycles. The van der Waals surface area contributed by atoms with Gasteiger partial charge in [0, 0.05) is 12.6 Å². The van der Waals surface area contributed by atoms with Crippen molar-refractivity contribution in [2.24, 2.45) is 0 Å². The van der Waals surface area contributed by atoms with Crippen LogP contribution in [0.5, 0.6) is 11.5 Å². The number of nitrogens with one attached hydrogen (secondary N) is 1. The molecule has 0 aliphatic heterocycles. The normalized spacial score (nSPS) is 11.5. The molecule has 1 unspecified atom stereocenters. The van der Waals surface area contributed by atoms with Crippen molar-refractivity contribution in [2.45, 2.75) is 6.04 Å². The van der Waals surface area contributed by atoms with Crippen LogP contribution >= 0.6 is 0 Å². The van der Waals surface area contributed by atoms with Crippen LogP contribution in [-0.2, 0) is 9.53 Å². The molecule has 0 radical (unpaired) electrons. The summed E-state index contributed by atoms with van der Waals surface area (Å²) in [5.41, 5.74) is 0.713. The average Bonchev–Trinajstić information content (AvgIpc) is 2.46. The van der Waals surface area contributed by atoms with Crippen molar-refractivity contribution in [3.8, 4) is 11.5 Å². The van der Waals surface area contributed by atoms with Crippen LogP contribution in [0, 0.1) is 0 Å². The topological polar surface area (TPSA) is 56.8 Å². The van der Waals surface area contributed by atoms with Crippen LogP contribution in [0.4, 0.5) is 0 Å². The van der Waals surface area contributed by atoms with E-state index in [1.54, 1.807) is 38.5 Å². The summed E-state index contributed by atoms with van der Waals surface area (Å²) in [5.74, 6) is 0.851. The van der Waals surface area contributed by atoms with Crippen molar-refractivity contribution in [1.82, 2.24) is 5.32 Å². The van der Waals surface area contributed by atoms with E-state index in [0.29, 0.717) is 23.6 Å². The SMILES string of the molecule is C=CCNC(C(=O)OC)c1cc(OC)cc(OC)c1. The van der Waals surface area contributed by atoms with Gasteiger partial charge in [0.25, 0.3) is 0 Å². The zero-order valence-corrected chi connectivity index (χ0v) is 11.4. The third-order valence-corrected chi connectivity index (χ3v) is 2.61. The molecule has 0 saturated carbocycles. The minimum Gasteiger partial charge on any atom is -0.497 e. The molecule has 0 amide bonds. The lowest BCUT2D eigenvalue weighted by atomic mass is 10.1. The number of hydrogen-bond donors (Lipinski definition) is 1. The van der Waals surface area contributed by atoms with E-state index in [4.69, 9.17) is 14.2 Å². The molecule has 0 fully saturated rings. The molecule has 5 heteroatoms. The van der Waals surface area contributed by atoms with Gasteiger partial charge in [0.05, 0.1) is 21.3 Å². The molecule has 0 bridgehead atoms. The van der Waals surface area contributed by atoms with Crippen LogP contribution in [0.15, 0.2) is 30.9 Å². The maximum absolute atomic E-state index is 11.8. The Morgan fingerprint density at radius 2 is 1.84 bits per heavy atom. The van der Waals surface area contributed by atoms with Gasteiger partial charge in [-0.3, -0.25) is 5.32 Å². The number of hydrogen-bond acceptors (Lipinski definition) is 5. The summed E-state index contributed by atoms with van der Waals surface area (Å²) in [6.45, 7) is 4.10. The Kier molecular flexibility index (Phi) is 5.89. The summed E-state index contributed by atoms with van der Waals surface area (Å²) in [5, 5.41) is 3.04. The van der Waals surface area contributed by atoms with Gasteiger partial charge in [-0.1, -0.05) is 6.08 Å². The van der Waals surface area contributed by atoms with E-state index >= 15 is 0 Å². The van der Waals surface area contributed by atoms with Gasteiger partial charge < -0.3 is 14.2 Å². The molecule has 0 heterocycles. The van der Waals surface area contributed by atoms with E-state index in [1.807, 2.05) is 0 Å². The zero-order valence-electron chi connectivity index (χ0n) is 11.4. The molecule has 0 saturated heterocycles. The first-order chi connectivity index (χ1) is 9.15. The van der Waals surface area contributed by atoms with Crippen LogP contribution < -0.4 is 14.8 Å². The average molecular weight is 265 g/mol. The highest BCUT2D eigenvalue weighted by molar-refractivity contribution is 5.78. The largest absolute Gasteiger partial charge is 0.497 e. The zero-order chi connectivity index (χ0) is 14.3. The van der Waals surface area contributed by atoms with E-state index in [2.05, 4.69) is 11.9 Å². The summed E-state index contributed by atoms with van der Waals surface area (Å²) in [6, 6.07) is 4.68. The molecule has 5 nitrogen and oxygen atoms in total. The molecular formula is C14H19NO4. The minimum atomic E-state index is -0.591. The third kappa shape index (κ3) is 3.99. The van der Waals surface area contributed by atoms with E-state index in [-0.39, 0.29) is 5.97 Å². The van der Waals surface area contributed by atoms with E-state index in [9.17, 15) is 4.79 Å². The van der Waals surface area contributed by atoms with Crippen LogP contribution in [-0.4, -0.2) is 33.8 Å². The number of methoxy groups -OCH3 is 3. The van der Waals surface area contributed by atoms with E-state index in [0.717, 1.165) is 0 Å². The van der Waals surface area contributed by atoms with Gasteiger partial charge in [0.1, 0.15) is 17.5 Å². The molecule has 1 N–H and O–H groups in total. The molecule has 1 rings (SSSR count). The van der Waals surface area contributed by atoms with Gasteiger partial charge in [0.2, 0.25) is 0 Å². The second-order valence-electron chi connectivity index (χ2n) is 3.80. The molecule has 0 aromatic heterocycles. The maximum atomic E-state index is 11.8. The van der Waals surface area contributed by atoms with Crippen LogP contribution in [0.1, 0.15) is 11.6 Å². The van der Waals surface area contributed by atoms with Crippen molar-refractivity contribution in [1.29, 1.82) is 0 Å². The molecule has 19 heavy (non-hydrogen) atoms. The Labute approximate surface area is 113 Å². The monoisotopic (exact) mass is 265 g/mol. The molecule has 1 aromatic rings. The van der Waals surface area contributed by atoms with E-state index in [1.165, 1.54) is 7.11 Å². The van der Waals surface area contributed by atoms with Gasteiger partial charge in [-0.05, 0) is 17.7 Å². The highest BCUT2D eigenvalue weighted by Crippen LogP contribution is 2.27. The number of rotatable bonds is 7. The second-order valence-corrected chi connectivity index (χ2v) is 3.80. The van der Waals surface area contributed by atoms with Crippen molar-refractivity contribution in [2.75, 3.05) is 27.9 Å². The van der Waals surface area contributed by atoms with Crippen molar-refractivity contribution in [3.05, 3.63) is 36.4 Å². The lowest BCUT2D eigenvalue weighted by Crippen LogP contribution is -2.29. The molecule has 0 aliphatic carbocycles. The molecule has 0 aliphatic rings. The lowest BCUT2D eigenvalue weighted by Gasteiger charge is -2.17. The summed E-state index contributed by atoms with van der Waals surface area (Å²) < 4.78 is 15.2. The first-order valence-corrected chi connectivity index (χ1v) is 5.81. The number of carbonyl (C=O) groups excluding carboxylic acids is 1. The van der Waals surface area contributed by atoms with Crippen LogP contribution in [0.2, 0.25) is 0 Å². The fourth-order valence-corrected chi connectivity index (χ4v) is 1.65. The van der Waals surface area contributed by atoms with Gasteiger partial charge >= 0.3 is 5.97 Å². The van der Waals surface area contributed by atoms with Crippen LogP contribution in [0.3, 0.4) is 0 Å². The highest BCUT2D eigenvalue weighted by Gasteiger charge is 2.21. The van der Waals surface area contributed by atoms with Gasteiger partial charge in [-0.15, -0.1) is 6.58 Å². The third-order valence-electron chi connectivity index (χ3n) is 2.61. The van der Waals surface area contributed by atoms with Gasteiger partial charge in [-0.25, -0.2) is 4.79 Å². The van der Waals surface area contributed by atoms with Gasteiger partial charge in [0.15, 0.2) is 0 Å². The number of benzene rings is 1. The fraction of sp³-hybridized carbons (Fsp3) is 0.357. The smallest absolute Gasteiger partial charge is 0.327 e. The van der Waals surface area contributed by atoms with Crippen molar-refractivity contribution < 1.29 is 19.0 Å². The second kappa shape index (κ2) is 7.43. The molecule has 104 valence electrons. The Morgan fingerprint density at radius 1 is 1.26 bits per heavy atom. The predicted octanol–water partition coefficient (Wildman–Crippen LogP) is 1.69. The standard InChI is InChI=1S/C14H19NO4/c1-5-6-15-13(14(16)19-4)10-7-11(17-2)9-12(8-10)18-3/h5,7-9,13,15H,1,6H2,2-4H3. The Morgan fingerprint density at radius 3 is 2.26 bits per heavy atom. The number of carbonyl (C=O) groups is 1. The summed E-state index contributed by atoms with van der Waals surface area (Å²) in [4.78, 5) is 11.8. The highest BCUT2D eigenvalue weighted by atomic mass is 16.5. The summed E-state index contributed by atoms with van der Waals surface area (Å²) in [7, 11) is 4.47. The Balaban J connectivity index is 3.12. The summed E-state index contributed by atoms with van der Waals surface area (Å²) >= 11 is 0. The molecule has 1 atom stereocenters. The Bertz CT molecular complexity index is 423.